The van der Waals surface area contributed by atoms with Gasteiger partial charge in [-0.25, -0.2) is 17.6 Å². The average molecular weight is 530 g/mol. The van der Waals surface area contributed by atoms with E-state index in [9.17, 15) is 18.3 Å². The fourth-order valence-electron chi connectivity index (χ4n) is 4.11. The molecule has 2 aromatic heterocycles. The number of rotatable bonds is 7. The largest absolute Gasteiger partial charge is 0.478 e. The van der Waals surface area contributed by atoms with Gasteiger partial charge in [0.05, 0.1) is 20.5 Å². The van der Waals surface area contributed by atoms with E-state index >= 15 is 0 Å². The van der Waals surface area contributed by atoms with Crippen LogP contribution in [0.25, 0.3) is 21.6 Å². The summed E-state index contributed by atoms with van der Waals surface area (Å²) in [6, 6.07) is 13.9. The highest BCUT2D eigenvalue weighted by molar-refractivity contribution is 7.90. The summed E-state index contributed by atoms with van der Waals surface area (Å²) in [5, 5.41) is 9.46. The fourth-order valence-corrected chi connectivity index (χ4v) is 7.50. The maximum atomic E-state index is 13.8. The number of thiophene rings is 1. The van der Waals surface area contributed by atoms with Crippen molar-refractivity contribution in [3.05, 3.63) is 80.6 Å². The Labute approximate surface area is 210 Å². The minimum Gasteiger partial charge on any atom is -0.478 e. The molecule has 1 fully saturated rings. The minimum absolute atomic E-state index is 0.0260. The first-order valence-corrected chi connectivity index (χ1v) is 14.3. The van der Waals surface area contributed by atoms with Crippen LogP contribution in [0.4, 0.5) is 0 Å². The number of nitrogens with zero attached hydrogens (tertiary/aromatic N) is 1. The van der Waals surface area contributed by atoms with E-state index in [1.807, 2.05) is 31.2 Å². The maximum absolute atomic E-state index is 13.8. The van der Waals surface area contributed by atoms with Gasteiger partial charge in [0.1, 0.15) is 0 Å². The van der Waals surface area contributed by atoms with Crippen LogP contribution in [0.3, 0.4) is 0 Å². The van der Waals surface area contributed by atoms with Crippen LogP contribution in [-0.4, -0.2) is 23.9 Å². The fraction of sp³-hybridized carbons (Fsp3) is 0.200. The van der Waals surface area contributed by atoms with Crippen LogP contribution in [-0.2, 0) is 15.6 Å². The number of halogens is 1. The second-order valence-corrected chi connectivity index (χ2v) is 13.0. The van der Waals surface area contributed by atoms with Crippen LogP contribution >= 0.6 is 34.5 Å². The molecule has 5 nitrogen and oxygen atoms in total. The second-order valence-electron chi connectivity index (χ2n) is 8.36. The molecule has 0 saturated heterocycles. The summed E-state index contributed by atoms with van der Waals surface area (Å²) in [5.41, 5.74) is 3.98. The van der Waals surface area contributed by atoms with Gasteiger partial charge in [-0.05, 0) is 89.8 Å². The van der Waals surface area contributed by atoms with Crippen LogP contribution in [0.15, 0.2) is 59.6 Å². The van der Waals surface area contributed by atoms with Crippen LogP contribution in [0.2, 0.25) is 4.34 Å². The van der Waals surface area contributed by atoms with E-state index in [4.69, 9.17) is 11.6 Å². The highest BCUT2D eigenvalue weighted by atomic mass is 35.5. The van der Waals surface area contributed by atoms with Gasteiger partial charge in [-0.2, -0.15) is 0 Å². The van der Waals surface area contributed by atoms with Crippen molar-refractivity contribution in [2.45, 2.75) is 36.3 Å². The molecule has 0 radical (unpaired) electrons. The van der Waals surface area contributed by atoms with E-state index < -0.39 is 15.8 Å². The van der Waals surface area contributed by atoms with E-state index in [0.717, 1.165) is 39.3 Å². The number of benzene rings is 2. The smallest absolute Gasteiger partial charge is 0.335 e. The molecule has 34 heavy (non-hydrogen) atoms. The SMILES string of the molecule is Cc1sncc1-c1ccc(-c2ccc(Cl)s2)c(CS(=O)(=O)c2cc(C(=O)O)ccc2C2CC2)c1. The lowest BCUT2D eigenvalue weighted by Crippen LogP contribution is -2.10. The van der Waals surface area contributed by atoms with Crippen molar-refractivity contribution >= 4 is 50.3 Å². The molecule has 5 rings (SSSR count). The third kappa shape index (κ3) is 4.55. The van der Waals surface area contributed by atoms with Gasteiger partial charge in [0.2, 0.25) is 0 Å². The standard InChI is InChI=1S/C25H20ClNO4S3/c1-14-21(12-27-33-14)16-4-6-19(22-8-9-24(26)32-22)18(10-16)13-34(30,31)23-11-17(25(28)29)5-7-20(23)15-2-3-15/h4-12,15H,2-3,13H2,1H3,(H,28,29). The van der Waals surface area contributed by atoms with Gasteiger partial charge < -0.3 is 5.11 Å². The van der Waals surface area contributed by atoms with Crippen molar-refractivity contribution in [1.82, 2.24) is 4.37 Å². The lowest BCUT2D eigenvalue weighted by Gasteiger charge is -2.15. The Morgan fingerprint density at radius 2 is 1.91 bits per heavy atom. The van der Waals surface area contributed by atoms with Crippen molar-refractivity contribution < 1.29 is 18.3 Å². The normalized spacial score (nSPS) is 13.8. The molecule has 1 aliphatic rings. The van der Waals surface area contributed by atoms with Gasteiger partial charge in [-0.15, -0.1) is 11.3 Å². The third-order valence-corrected chi connectivity index (χ3v) is 9.65. The predicted octanol–water partition coefficient (Wildman–Crippen LogP) is 7.05. The summed E-state index contributed by atoms with van der Waals surface area (Å²) in [5.74, 6) is -1.23. The highest BCUT2D eigenvalue weighted by Crippen LogP contribution is 2.44. The molecule has 1 aliphatic carbocycles. The molecule has 0 amide bonds. The van der Waals surface area contributed by atoms with E-state index in [1.165, 1.54) is 35.0 Å². The van der Waals surface area contributed by atoms with Crippen molar-refractivity contribution in [3.63, 3.8) is 0 Å². The number of aromatic nitrogens is 1. The quantitative estimate of drug-likeness (QED) is 0.277. The summed E-state index contributed by atoms with van der Waals surface area (Å²) >= 11 is 8.96. The second kappa shape index (κ2) is 8.92. The summed E-state index contributed by atoms with van der Waals surface area (Å²) in [6.45, 7) is 1.98. The van der Waals surface area contributed by atoms with E-state index in [0.29, 0.717) is 15.5 Å². The molecule has 0 bridgehead atoms. The Morgan fingerprint density at radius 1 is 1.12 bits per heavy atom. The van der Waals surface area contributed by atoms with Crippen molar-refractivity contribution in [3.8, 4) is 21.6 Å². The van der Waals surface area contributed by atoms with Crippen LogP contribution in [0, 0.1) is 6.92 Å². The Kier molecular flexibility index (Phi) is 6.10. The Bertz CT molecular complexity index is 1520. The zero-order valence-corrected chi connectivity index (χ0v) is 21.3. The highest BCUT2D eigenvalue weighted by Gasteiger charge is 2.32. The number of carboxylic acid groups (broad SMARTS) is 1. The number of carboxylic acids is 1. The summed E-state index contributed by atoms with van der Waals surface area (Å²) in [4.78, 5) is 13.6. The summed E-state index contributed by atoms with van der Waals surface area (Å²) in [7, 11) is -3.83. The minimum atomic E-state index is -3.83. The zero-order valence-electron chi connectivity index (χ0n) is 18.1. The third-order valence-electron chi connectivity index (χ3n) is 5.96. The molecule has 1 N–H and O–H groups in total. The first-order valence-electron chi connectivity index (χ1n) is 10.6. The molecule has 0 atom stereocenters. The lowest BCUT2D eigenvalue weighted by atomic mass is 10.00. The number of carbonyl (C=O) groups is 1. The van der Waals surface area contributed by atoms with Gasteiger partial charge in [0.15, 0.2) is 9.84 Å². The van der Waals surface area contributed by atoms with Crippen LogP contribution in [0.5, 0.6) is 0 Å². The van der Waals surface area contributed by atoms with E-state index in [-0.39, 0.29) is 22.1 Å². The Hall–Kier alpha value is -2.52. The molecular formula is C25H20ClNO4S3. The Morgan fingerprint density at radius 3 is 2.53 bits per heavy atom. The predicted molar refractivity (Wildman–Crippen MR) is 137 cm³/mol. The van der Waals surface area contributed by atoms with Crippen molar-refractivity contribution in [2.75, 3.05) is 0 Å². The number of aryl methyl sites for hydroxylation is 1. The van der Waals surface area contributed by atoms with Gasteiger partial charge in [-0.1, -0.05) is 29.8 Å². The molecule has 1 saturated carbocycles. The molecule has 174 valence electrons. The number of hydrogen-bond acceptors (Lipinski definition) is 6. The van der Waals surface area contributed by atoms with E-state index in [2.05, 4.69) is 4.37 Å². The summed E-state index contributed by atoms with van der Waals surface area (Å²) in [6.07, 6.45) is 3.61. The first-order chi connectivity index (χ1) is 16.2. The number of hydrogen-bond donors (Lipinski definition) is 1. The number of aromatic carboxylic acids is 1. The number of sulfone groups is 1. The summed E-state index contributed by atoms with van der Waals surface area (Å²) < 4.78 is 32.4. The molecule has 2 heterocycles. The zero-order chi connectivity index (χ0) is 24.0. The molecule has 9 heteroatoms. The van der Waals surface area contributed by atoms with Gasteiger partial charge >= 0.3 is 5.97 Å². The van der Waals surface area contributed by atoms with Crippen molar-refractivity contribution in [2.24, 2.45) is 0 Å². The Balaban J connectivity index is 1.64. The molecular weight excluding hydrogens is 510 g/mol. The van der Waals surface area contributed by atoms with Gasteiger partial charge in [0, 0.05) is 21.5 Å². The molecule has 0 aliphatic heterocycles. The molecule has 2 aromatic carbocycles. The van der Waals surface area contributed by atoms with Gasteiger partial charge in [0.25, 0.3) is 0 Å². The first kappa shape index (κ1) is 23.2. The van der Waals surface area contributed by atoms with Crippen LogP contribution < -0.4 is 0 Å². The average Bonchev–Trinajstić information content (AvgIpc) is 3.42. The molecule has 4 aromatic rings. The van der Waals surface area contributed by atoms with E-state index in [1.54, 1.807) is 18.3 Å². The van der Waals surface area contributed by atoms with Gasteiger partial charge in [-0.3, -0.25) is 0 Å². The lowest BCUT2D eigenvalue weighted by molar-refractivity contribution is 0.0696. The molecule has 0 spiro atoms. The topological polar surface area (TPSA) is 84.3 Å². The van der Waals surface area contributed by atoms with Crippen LogP contribution in [0.1, 0.15) is 45.1 Å². The maximum Gasteiger partial charge on any atom is 0.335 e. The molecule has 0 unspecified atom stereocenters. The van der Waals surface area contributed by atoms with Crippen molar-refractivity contribution in [1.29, 1.82) is 0 Å². The monoisotopic (exact) mass is 529 g/mol.